The first-order valence-corrected chi connectivity index (χ1v) is 9.74. The molecule has 2 aliphatic heterocycles. The maximum absolute atomic E-state index is 5.75. The number of aromatic nitrogens is 4. The summed E-state index contributed by atoms with van der Waals surface area (Å²) >= 11 is 0. The van der Waals surface area contributed by atoms with E-state index in [1.54, 1.807) is 0 Å². The molecule has 5 rings (SSSR count). The van der Waals surface area contributed by atoms with E-state index in [9.17, 15) is 0 Å². The van der Waals surface area contributed by atoms with Gasteiger partial charge in [-0.15, -0.1) is 5.10 Å². The summed E-state index contributed by atoms with van der Waals surface area (Å²) in [6, 6.07) is 13.5. The maximum Gasteiger partial charge on any atom is 0.238 e. The van der Waals surface area contributed by atoms with Gasteiger partial charge in [-0.3, -0.25) is 4.90 Å². The third-order valence-corrected chi connectivity index (χ3v) is 5.73. The Morgan fingerprint density at radius 3 is 2.71 bits per heavy atom. The van der Waals surface area contributed by atoms with Gasteiger partial charge in [0.05, 0.1) is 23.3 Å². The van der Waals surface area contributed by atoms with Crippen molar-refractivity contribution < 1.29 is 9.47 Å². The van der Waals surface area contributed by atoms with Crippen LogP contribution in [0.5, 0.6) is 11.6 Å². The molecule has 1 fully saturated rings. The van der Waals surface area contributed by atoms with Gasteiger partial charge < -0.3 is 14.5 Å². The Kier molecular flexibility index (Phi) is 4.54. The molecule has 0 bridgehead atoms. The molecule has 0 amide bonds. The molecule has 1 N–H and O–H groups in total. The van der Waals surface area contributed by atoms with E-state index in [2.05, 4.69) is 25.1 Å². The van der Waals surface area contributed by atoms with Crippen molar-refractivity contribution in [3.8, 4) is 11.6 Å². The Bertz CT molecular complexity index is 919. The molecule has 1 saturated heterocycles. The topological polar surface area (TPSA) is 76.2 Å². The van der Waals surface area contributed by atoms with E-state index in [1.807, 2.05) is 48.8 Å². The van der Waals surface area contributed by atoms with Crippen LogP contribution in [0, 0.1) is 0 Å². The molecular formula is C21H23N5O2. The van der Waals surface area contributed by atoms with Crippen LogP contribution in [-0.2, 0) is 23.2 Å². The van der Waals surface area contributed by atoms with Crippen LogP contribution in [0.2, 0.25) is 0 Å². The average molecular weight is 377 g/mol. The number of benzene rings is 1. The van der Waals surface area contributed by atoms with Crippen molar-refractivity contribution in [1.29, 1.82) is 0 Å². The fourth-order valence-corrected chi connectivity index (χ4v) is 4.31. The molecular weight excluding hydrogens is 354 g/mol. The van der Waals surface area contributed by atoms with Gasteiger partial charge in [-0.25, -0.2) is 4.98 Å². The van der Waals surface area contributed by atoms with Gasteiger partial charge in [0.25, 0.3) is 0 Å². The largest absolute Gasteiger partial charge is 0.438 e. The zero-order valence-corrected chi connectivity index (χ0v) is 15.7. The second-order valence-electron chi connectivity index (χ2n) is 7.32. The molecule has 2 aromatic heterocycles. The smallest absolute Gasteiger partial charge is 0.238 e. The van der Waals surface area contributed by atoms with Crippen LogP contribution >= 0.6 is 0 Å². The maximum atomic E-state index is 5.75. The highest BCUT2D eigenvalue weighted by Gasteiger charge is 2.45. The highest BCUT2D eigenvalue weighted by atomic mass is 16.5. The predicted molar refractivity (Wildman–Crippen MR) is 103 cm³/mol. The third kappa shape index (κ3) is 3.16. The van der Waals surface area contributed by atoms with Crippen molar-refractivity contribution in [1.82, 2.24) is 25.1 Å². The van der Waals surface area contributed by atoms with Gasteiger partial charge in [0.1, 0.15) is 5.75 Å². The number of nitrogens with zero attached hydrogens (tertiary/aromatic N) is 4. The molecule has 7 nitrogen and oxygen atoms in total. The molecule has 4 heterocycles. The number of imidazole rings is 1. The van der Waals surface area contributed by atoms with Crippen molar-refractivity contribution in [2.24, 2.45) is 0 Å². The van der Waals surface area contributed by atoms with E-state index in [0.717, 1.165) is 57.0 Å². The van der Waals surface area contributed by atoms with Crippen LogP contribution in [0.1, 0.15) is 29.9 Å². The lowest BCUT2D eigenvalue weighted by molar-refractivity contribution is -0.0456. The van der Waals surface area contributed by atoms with Crippen molar-refractivity contribution in [2.45, 2.75) is 31.3 Å². The van der Waals surface area contributed by atoms with Gasteiger partial charge in [-0.05, 0) is 31.0 Å². The lowest BCUT2D eigenvalue weighted by Crippen LogP contribution is -2.53. The lowest BCUT2D eigenvalue weighted by Gasteiger charge is -2.48. The zero-order chi connectivity index (χ0) is 18.8. The van der Waals surface area contributed by atoms with E-state index >= 15 is 0 Å². The number of ether oxygens (including phenoxy) is 2. The molecule has 3 aromatic rings. The van der Waals surface area contributed by atoms with E-state index in [-0.39, 0.29) is 5.54 Å². The van der Waals surface area contributed by atoms with Gasteiger partial charge in [-0.1, -0.05) is 18.2 Å². The first-order valence-electron chi connectivity index (χ1n) is 9.74. The van der Waals surface area contributed by atoms with E-state index in [4.69, 9.17) is 9.47 Å². The van der Waals surface area contributed by atoms with Crippen LogP contribution in [-0.4, -0.2) is 44.8 Å². The van der Waals surface area contributed by atoms with E-state index in [1.165, 1.54) is 11.4 Å². The molecule has 2 aliphatic rings. The second-order valence-corrected chi connectivity index (χ2v) is 7.32. The van der Waals surface area contributed by atoms with Crippen molar-refractivity contribution in [3.63, 3.8) is 0 Å². The van der Waals surface area contributed by atoms with Crippen LogP contribution in [0.4, 0.5) is 0 Å². The highest BCUT2D eigenvalue weighted by Crippen LogP contribution is 2.42. The first-order chi connectivity index (χ1) is 13.8. The minimum atomic E-state index is -0.0767. The molecule has 0 unspecified atom stereocenters. The van der Waals surface area contributed by atoms with Gasteiger partial charge in [0.15, 0.2) is 0 Å². The Labute approximate surface area is 163 Å². The van der Waals surface area contributed by atoms with Gasteiger partial charge in [-0.2, -0.15) is 5.10 Å². The normalized spacial score (nSPS) is 18.7. The Morgan fingerprint density at radius 2 is 1.93 bits per heavy atom. The quantitative estimate of drug-likeness (QED) is 0.753. The SMILES string of the molecule is c1ccc(Oc2ccc(CN3CCc4[nH]cnc4C34CCOCC4)nn2)cc1. The summed E-state index contributed by atoms with van der Waals surface area (Å²) in [6.45, 7) is 3.24. The molecule has 1 spiro atoms. The fourth-order valence-electron chi connectivity index (χ4n) is 4.31. The minimum Gasteiger partial charge on any atom is -0.438 e. The van der Waals surface area contributed by atoms with E-state index in [0.29, 0.717) is 5.88 Å². The Morgan fingerprint density at radius 1 is 1.07 bits per heavy atom. The lowest BCUT2D eigenvalue weighted by atomic mass is 9.80. The first kappa shape index (κ1) is 17.3. The van der Waals surface area contributed by atoms with E-state index < -0.39 is 0 Å². The molecule has 7 heteroatoms. The standard InChI is InChI=1S/C21H23N5O2/c1-2-4-17(5-3-1)28-19-7-6-16(24-25-19)14-26-11-8-18-20(23-15-22-18)21(26)9-12-27-13-10-21/h1-7,15H,8-14H2,(H,22,23). The second kappa shape index (κ2) is 7.33. The number of nitrogens with one attached hydrogen (secondary N) is 1. The number of fused-ring (bicyclic) bond motifs is 2. The molecule has 1 aromatic carbocycles. The number of para-hydroxylation sites is 1. The summed E-state index contributed by atoms with van der Waals surface area (Å²) in [6.07, 6.45) is 4.70. The summed E-state index contributed by atoms with van der Waals surface area (Å²) in [5.41, 5.74) is 3.30. The highest BCUT2D eigenvalue weighted by molar-refractivity contribution is 5.28. The van der Waals surface area contributed by atoms with Gasteiger partial charge in [0.2, 0.25) is 5.88 Å². The molecule has 0 atom stereocenters. The predicted octanol–water partition coefficient (Wildman–Crippen LogP) is 3.06. The minimum absolute atomic E-state index is 0.0767. The Hall–Kier alpha value is -2.77. The molecule has 28 heavy (non-hydrogen) atoms. The molecule has 0 radical (unpaired) electrons. The summed E-state index contributed by atoms with van der Waals surface area (Å²) in [5.74, 6) is 1.26. The van der Waals surface area contributed by atoms with Crippen molar-refractivity contribution in [2.75, 3.05) is 19.8 Å². The van der Waals surface area contributed by atoms with Crippen molar-refractivity contribution in [3.05, 3.63) is 65.9 Å². The summed E-state index contributed by atoms with van der Waals surface area (Å²) in [7, 11) is 0. The number of rotatable bonds is 4. The molecule has 0 aliphatic carbocycles. The monoisotopic (exact) mass is 377 g/mol. The number of aromatic amines is 1. The number of hydrogen-bond acceptors (Lipinski definition) is 6. The summed E-state index contributed by atoms with van der Waals surface area (Å²) in [4.78, 5) is 10.5. The molecule has 144 valence electrons. The van der Waals surface area contributed by atoms with Gasteiger partial charge in [0, 0.05) is 44.5 Å². The molecule has 0 saturated carbocycles. The van der Waals surface area contributed by atoms with Crippen LogP contribution in [0.15, 0.2) is 48.8 Å². The Balaban J connectivity index is 1.35. The number of hydrogen-bond donors (Lipinski definition) is 1. The summed E-state index contributed by atoms with van der Waals surface area (Å²) < 4.78 is 11.4. The van der Waals surface area contributed by atoms with Crippen molar-refractivity contribution >= 4 is 0 Å². The van der Waals surface area contributed by atoms with Crippen LogP contribution in [0.3, 0.4) is 0 Å². The van der Waals surface area contributed by atoms with Crippen LogP contribution < -0.4 is 4.74 Å². The average Bonchev–Trinajstić information content (AvgIpc) is 3.23. The van der Waals surface area contributed by atoms with Crippen LogP contribution in [0.25, 0.3) is 0 Å². The number of H-pyrrole nitrogens is 1. The van der Waals surface area contributed by atoms with Gasteiger partial charge >= 0.3 is 0 Å². The third-order valence-electron chi connectivity index (χ3n) is 5.73. The zero-order valence-electron chi connectivity index (χ0n) is 15.7. The fraction of sp³-hybridized carbons (Fsp3) is 0.381. The summed E-state index contributed by atoms with van der Waals surface area (Å²) in [5, 5.41) is 8.68.